The van der Waals surface area contributed by atoms with Crippen molar-refractivity contribution in [1.29, 1.82) is 0 Å². The van der Waals surface area contributed by atoms with Crippen molar-refractivity contribution in [1.82, 2.24) is 5.32 Å². The monoisotopic (exact) mass is 478 g/mol. The van der Waals surface area contributed by atoms with Crippen molar-refractivity contribution in [3.05, 3.63) is 87.8 Å². The first-order valence-electron chi connectivity index (χ1n) is 10.3. The molecule has 0 unspecified atom stereocenters. The summed E-state index contributed by atoms with van der Waals surface area (Å²) in [7, 11) is 0. The van der Waals surface area contributed by atoms with E-state index in [0.717, 1.165) is 16.0 Å². The van der Waals surface area contributed by atoms with E-state index in [9.17, 15) is 9.59 Å². The van der Waals surface area contributed by atoms with E-state index in [1.807, 2.05) is 60.7 Å². The zero-order chi connectivity index (χ0) is 22.8. The normalized spacial score (nSPS) is 15.5. The minimum Gasteiger partial charge on any atom is -0.454 e. The maximum absolute atomic E-state index is 13.3. The molecule has 0 aliphatic carbocycles. The van der Waals surface area contributed by atoms with Crippen molar-refractivity contribution >= 4 is 46.9 Å². The number of halogens is 1. The average Bonchev–Trinajstić information content (AvgIpc) is 3.30. The molecule has 0 atom stereocenters. The summed E-state index contributed by atoms with van der Waals surface area (Å²) >= 11 is 7.66. The maximum atomic E-state index is 13.3. The number of anilines is 1. The van der Waals surface area contributed by atoms with E-state index < -0.39 is 0 Å². The molecular formula is C25H19ClN2O4S. The Hall–Kier alpha value is -3.42. The minimum atomic E-state index is -0.264. The molecule has 2 aliphatic rings. The second-order valence-electron chi connectivity index (χ2n) is 7.46. The number of carbonyl (C=O) groups excluding carboxylic acids is 2. The molecule has 0 aromatic heterocycles. The van der Waals surface area contributed by atoms with Gasteiger partial charge < -0.3 is 14.8 Å². The van der Waals surface area contributed by atoms with Gasteiger partial charge in [0.2, 0.25) is 12.7 Å². The van der Waals surface area contributed by atoms with E-state index in [1.54, 1.807) is 12.1 Å². The number of hydrogen-bond acceptors (Lipinski definition) is 5. The highest BCUT2D eigenvalue weighted by Gasteiger charge is 2.30. The fourth-order valence-electron chi connectivity index (χ4n) is 3.60. The summed E-state index contributed by atoms with van der Waals surface area (Å²) < 4.78 is 10.7. The molecule has 0 radical (unpaired) electrons. The predicted molar refractivity (Wildman–Crippen MR) is 128 cm³/mol. The number of nitrogens with one attached hydrogen (secondary N) is 1. The molecule has 0 spiro atoms. The molecule has 0 saturated heterocycles. The van der Waals surface area contributed by atoms with Crippen LogP contribution < -0.4 is 19.7 Å². The number of hydrogen-bond donors (Lipinski definition) is 1. The van der Waals surface area contributed by atoms with Gasteiger partial charge in [0.25, 0.3) is 5.91 Å². The third kappa shape index (κ3) is 4.55. The summed E-state index contributed by atoms with van der Waals surface area (Å²) in [6.45, 7) is 0.417. The second kappa shape index (κ2) is 9.21. The van der Waals surface area contributed by atoms with Crippen molar-refractivity contribution in [2.75, 3.05) is 18.2 Å². The first-order chi connectivity index (χ1) is 16.1. The van der Waals surface area contributed by atoms with Crippen LogP contribution in [0.1, 0.15) is 11.1 Å². The van der Waals surface area contributed by atoms with Gasteiger partial charge in [0, 0.05) is 16.5 Å². The SMILES string of the molecule is O=C(CN1C(=O)/C(=C\c2ccccc2Cl)Sc2ccccc21)NCc1ccc2c(c1)OCO2. The number of amides is 2. The molecule has 0 saturated carbocycles. The van der Waals surface area contributed by atoms with Crippen LogP contribution in [0.15, 0.2) is 76.5 Å². The summed E-state index contributed by atoms with van der Waals surface area (Å²) in [6, 6.07) is 20.4. The van der Waals surface area contributed by atoms with Crippen LogP contribution in [0.4, 0.5) is 5.69 Å². The molecule has 0 bridgehead atoms. The fraction of sp³-hybridized carbons (Fsp3) is 0.120. The Kier molecular flexibility index (Phi) is 5.98. The van der Waals surface area contributed by atoms with Gasteiger partial charge in [0.05, 0.1) is 10.6 Å². The van der Waals surface area contributed by atoms with Gasteiger partial charge in [0.1, 0.15) is 6.54 Å². The molecule has 0 fully saturated rings. The van der Waals surface area contributed by atoms with Gasteiger partial charge in [-0.1, -0.05) is 59.8 Å². The number of benzene rings is 3. The van der Waals surface area contributed by atoms with Crippen molar-refractivity contribution in [2.24, 2.45) is 0 Å². The molecule has 166 valence electrons. The molecule has 2 heterocycles. The van der Waals surface area contributed by atoms with Crippen LogP contribution in [-0.4, -0.2) is 25.2 Å². The standard InChI is InChI=1S/C25H19ClN2O4S/c26-18-6-2-1-5-17(18)12-23-25(30)28(19-7-3-4-8-22(19)33-23)14-24(29)27-13-16-9-10-20-21(11-16)32-15-31-20/h1-12H,13-15H2,(H,27,29)/b23-12+. The largest absolute Gasteiger partial charge is 0.454 e. The molecule has 33 heavy (non-hydrogen) atoms. The number of nitrogens with zero attached hydrogens (tertiary/aromatic N) is 1. The molecule has 2 amide bonds. The summed E-state index contributed by atoms with van der Waals surface area (Å²) in [5.41, 5.74) is 2.34. The van der Waals surface area contributed by atoms with Gasteiger partial charge in [-0.25, -0.2) is 0 Å². The number of rotatable bonds is 5. The third-order valence-electron chi connectivity index (χ3n) is 5.25. The van der Waals surface area contributed by atoms with E-state index in [1.165, 1.54) is 16.7 Å². The van der Waals surface area contributed by atoms with Crippen LogP contribution in [0.2, 0.25) is 5.02 Å². The maximum Gasteiger partial charge on any atom is 0.265 e. The Balaban J connectivity index is 1.34. The van der Waals surface area contributed by atoms with Gasteiger partial charge in [-0.3, -0.25) is 14.5 Å². The Bertz CT molecular complexity index is 1280. The van der Waals surface area contributed by atoms with Crippen LogP contribution in [0.5, 0.6) is 11.5 Å². The Morgan fingerprint density at radius 1 is 1.06 bits per heavy atom. The van der Waals surface area contributed by atoms with Crippen LogP contribution >= 0.6 is 23.4 Å². The highest BCUT2D eigenvalue weighted by Crippen LogP contribution is 2.42. The van der Waals surface area contributed by atoms with Crippen LogP contribution in [0, 0.1) is 0 Å². The molecule has 5 rings (SSSR count). The van der Waals surface area contributed by atoms with Crippen molar-refractivity contribution in [3.8, 4) is 11.5 Å². The van der Waals surface area contributed by atoms with Crippen LogP contribution in [0.25, 0.3) is 6.08 Å². The van der Waals surface area contributed by atoms with Crippen molar-refractivity contribution in [2.45, 2.75) is 11.4 Å². The smallest absolute Gasteiger partial charge is 0.265 e. The number of ether oxygens (including phenoxy) is 2. The van der Waals surface area contributed by atoms with Crippen molar-refractivity contribution in [3.63, 3.8) is 0 Å². The Morgan fingerprint density at radius 3 is 2.73 bits per heavy atom. The van der Waals surface area contributed by atoms with Crippen LogP contribution in [-0.2, 0) is 16.1 Å². The lowest BCUT2D eigenvalue weighted by Gasteiger charge is -2.29. The molecule has 3 aromatic rings. The molecule has 8 heteroatoms. The second-order valence-corrected chi connectivity index (χ2v) is 8.95. The lowest BCUT2D eigenvalue weighted by molar-refractivity contribution is -0.122. The number of carbonyl (C=O) groups is 2. The summed E-state index contributed by atoms with van der Waals surface area (Å²) in [6.07, 6.45) is 1.77. The van der Waals surface area contributed by atoms with E-state index in [4.69, 9.17) is 21.1 Å². The fourth-order valence-corrected chi connectivity index (χ4v) is 4.84. The summed E-state index contributed by atoms with van der Waals surface area (Å²) in [5, 5.41) is 3.45. The molecule has 2 aliphatic heterocycles. The van der Waals surface area contributed by atoms with E-state index in [-0.39, 0.29) is 25.2 Å². The van der Waals surface area contributed by atoms with E-state index >= 15 is 0 Å². The first kappa shape index (κ1) is 21.4. The molecular weight excluding hydrogens is 460 g/mol. The van der Waals surface area contributed by atoms with Crippen LogP contribution in [0.3, 0.4) is 0 Å². The summed E-state index contributed by atoms with van der Waals surface area (Å²) in [5.74, 6) is 0.848. The number of fused-ring (bicyclic) bond motifs is 2. The highest BCUT2D eigenvalue weighted by atomic mass is 35.5. The average molecular weight is 479 g/mol. The van der Waals surface area contributed by atoms with Gasteiger partial charge in [0.15, 0.2) is 11.5 Å². The Labute approximate surface area is 200 Å². The summed E-state index contributed by atoms with van der Waals surface area (Å²) in [4.78, 5) is 29.0. The van der Waals surface area contributed by atoms with Gasteiger partial charge in [-0.2, -0.15) is 0 Å². The van der Waals surface area contributed by atoms with Gasteiger partial charge >= 0.3 is 0 Å². The lowest BCUT2D eigenvalue weighted by Crippen LogP contribution is -2.42. The van der Waals surface area contributed by atoms with Gasteiger partial charge in [-0.15, -0.1) is 0 Å². The lowest BCUT2D eigenvalue weighted by atomic mass is 10.2. The molecule has 6 nitrogen and oxygen atoms in total. The zero-order valence-electron chi connectivity index (χ0n) is 17.4. The van der Waals surface area contributed by atoms with E-state index in [0.29, 0.717) is 33.7 Å². The van der Waals surface area contributed by atoms with Gasteiger partial charge in [-0.05, 0) is 47.5 Å². The minimum absolute atomic E-state index is 0.0964. The Morgan fingerprint density at radius 2 is 1.85 bits per heavy atom. The highest BCUT2D eigenvalue weighted by molar-refractivity contribution is 8.04. The predicted octanol–water partition coefficient (Wildman–Crippen LogP) is 4.86. The number of thioether (sulfide) groups is 1. The zero-order valence-corrected chi connectivity index (χ0v) is 19.0. The third-order valence-corrected chi connectivity index (χ3v) is 6.67. The first-order valence-corrected chi connectivity index (χ1v) is 11.5. The number of para-hydroxylation sites is 1. The van der Waals surface area contributed by atoms with E-state index in [2.05, 4.69) is 5.32 Å². The topological polar surface area (TPSA) is 67.9 Å². The molecule has 1 N–H and O–H groups in total. The quantitative estimate of drug-likeness (QED) is 0.530. The van der Waals surface area contributed by atoms with Crippen molar-refractivity contribution < 1.29 is 19.1 Å². The molecule has 3 aromatic carbocycles.